The fourth-order valence-corrected chi connectivity index (χ4v) is 4.29. The second-order valence-corrected chi connectivity index (χ2v) is 7.34. The third-order valence-electron chi connectivity index (χ3n) is 4.58. The lowest BCUT2D eigenvalue weighted by Gasteiger charge is -2.36. The summed E-state index contributed by atoms with van der Waals surface area (Å²) in [6.07, 6.45) is 2.98. The van der Waals surface area contributed by atoms with Gasteiger partial charge in [0.2, 0.25) is 0 Å². The van der Waals surface area contributed by atoms with Crippen molar-refractivity contribution in [3.8, 4) is 0 Å². The van der Waals surface area contributed by atoms with Gasteiger partial charge in [0.05, 0.1) is 39.3 Å². The zero-order chi connectivity index (χ0) is 17.5. The van der Waals surface area contributed by atoms with E-state index < -0.39 is 11.6 Å². The van der Waals surface area contributed by atoms with Crippen LogP contribution in [0.3, 0.4) is 0 Å². The van der Waals surface area contributed by atoms with E-state index in [2.05, 4.69) is 11.9 Å². The number of benzene rings is 1. The molecule has 0 aliphatic carbocycles. The molecule has 0 fully saturated rings. The molecule has 24 heavy (non-hydrogen) atoms. The van der Waals surface area contributed by atoms with E-state index in [1.54, 1.807) is 6.07 Å². The van der Waals surface area contributed by atoms with Gasteiger partial charge in [0.15, 0.2) is 0 Å². The number of carbonyl (C=O) groups is 1. The molecule has 0 radical (unpaired) electrons. The number of rotatable bonds is 5. The lowest BCUT2D eigenvalue weighted by molar-refractivity contribution is -0.149. The van der Waals surface area contributed by atoms with Gasteiger partial charge in [-0.15, -0.1) is 0 Å². The van der Waals surface area contributed by atoms with Crippen LogP contribution in [-0.4, -0.2) is 22.7 Å². The summed E-state index contributed by atoms with van der Waals surface area (Å²) < 4.78 is 6.01. The molecule has 0 saturated carbocycles. The minimum Gasteiger partial charge on any atom is -0.481 e. The van der Waals surface area contributed by atoms with Gasteiger partial charge in [0.1, 0.15) is 5.60 Å². The van der Waals surface area contributed by atoms with Crippen LogP contribution in [0.15, 0.2) is 6.07 Å². The summed E-state index contributed by atoms with van der Waals surface area (Å²) in [5.41, 5.74) is 1.54. The third kappa shape index (κ3) is 2.90. The van der Waals surface area contributed by atoms with E-state index >= 15 is 0 Å². The first-order valence-corrected chi connectivity index (χ1v) is 9.07. The van der Waals surface area contributed by atoms with Crippen molar-refractivity contribution in [3.05, 3.63) is 32.4 Å². The molecule has 3 rings (SSSR count). The Morgan fingerprint density at radius 2 is 2.12 bits per heavy atom. The van der Waals surface area contributed by atoms with Crippen molar-refractivity contribution in [1.82, 2.24) is 4.98 Å². The Morgan fingerprint density at radius 3 is 2.79 bits per heavy atom. The Balaban J connectivity index is 2.25. The second-order valence-electron chi connectivity index (χ2n) is 6.15. The predicted octanol–water partition coefficient (Wildman–Crippen LogP) is 5.56. The first-order valence-electron chi connectivity index (χ1n) is 7.94. The van der Waals surface area contributed by atoms with Gasteiger partial charge in [0.25, 0.3) is 0 Å². The van der Waals surface area contributed by atoms with Gasteiger partial charge in [-0.1, -0.05) is 54.6 Å². The number of carboxylic acids is 1. The second kappa shape index (κ2) is 6.75. The van der Waals surface area contributed by atoms with Crippen molar-refractivity contribution in [1.29, 1.82) is 0 Å². The highest BCUT2D eigenvalue weighted by atomic mass is 35.5. The van der Waals surface area contributed by atoms with E-state index in [0.29, 0.717) is 40.0 Å². The number of carboxylic acid groups (broad SMARTS) is 1. The monoisotopic (exact) mass is 389 g/mol. The quantitative estimate of drug-likeness (QED) is 0.657. The van der Waals surface area contributed by atoms with Gasteiger partial charge < -0.3 is 14.8 Å². The first kappa shape index (κ1) is 17.9. The maximum atomic E-state index is 11.5. The zero-order valence-corrected chi connectivity index (χ0v) is 15.5. The third-order valence-corrected chi connectivity index (χ3v) is 5.67. The molecule has 1 aromatic heterocycles. The van der Waals surface area contributed by atoms with Crippen LogP contribution >= 0.6 is 34.8 Å². The molecule has 0 spiro atoms. The average molecular weight is 391 g/mol. The van der Waals surface area contributed by atoms with Crippen molar-refractivity contribution in [2.75, 3.05) is 6.61 Å². The number of fused-ring (bicyclic) bond motifs is 3. The molecule has 0 amide bonds. The molecule has 1 unspecified atom stereocenters. The molecule has 7 heteroatoms. The topological polar surface area (TPSA) is 62.3 Å². The molecule has 4 nitrogen and oxygen atoms in total. The molecule has 1 atom stereocenters. The van der Waals surface area contributed by atoms with Crippen LogP contribution in [0, 0.1) is 0 Å². The summed E-state index contributed by atoms with van der Waals surface area (Å²) in [5, 5.41) is 11.5. The summed E-state index contributed by atoms with van der Waals surface area (Å²) >= 11 is 18.9. The van der Waals surface area contributed by atoms with Gasteiger partial charge in [-0.2, -0.15) is 0 Å². The largest absolute Gasteiger partial charge is 0.481 e. The number of hydrogen-bond acceptors (Lipinski definition) is 2. The molecular weight excluding hydrogens is 373 g/mol. The Morgan fingerprint density at radius 1 is 1.38 bits per heavy atom. The summed E-state index contributed by atoms with van der Waals surface area (Å²) in [7, 11) is 0. The number of aromatic nitrogens is 1. The Labute approximate surface area is 155 Å². The standard InChI is InChI=1S/C17H18Cl3NO3/c1-2-3-5-17(8-12(22)23)16-9(4-6-24-17)13-14(20)10(18)7-11(19)15(13)21-16/h7,21H,2-6,8H2,1H3,(H,22,23). The van der Waals surface area contributed by atoms with E-state index in [1.807, 2.05) is 0 Å². The molecule has 0 saturated heterocycles. The van der Waals surface area contributed by atoms with E-state index in [1.165, 1.54) is 0 Å². The molecule has 1 aliphatic rings. The number of aliphatic carboxylic acids is 1. The van der Waals surface area contributed by atoms with E-state index in [-0.39, 0.29) is 6.42 Å². The van der Waals surface area contributed by atoms with Crippen LogP contribution in [0.4, 0.5) is 0 Å². The van der Waals surface area contributed by atoms with Crippen molar-refractivity contribution >= 4 is 51.7 Å². The molecule has 1 aromatic carbocycles. The van der Waals surface area contributed by atoms with Crippen LogP contribution in [-0.2, 0) is 21.6 Å². The van der Waals surface area contributed by atoms with E-state index in [0.717, 1.165) is 29.5 Å². The minimum absolute atomic E-state index is 0.101. The summed E-state index contributed by atoms with van der Waals surface area (Å²) in [6, 6.07) is 1.60. The lowest BCUT2D eigenvalue weighted by atomic mass is 9.84. The van der Waals surface area contributed by atoms with Crippen LogP contribution in [0.5, 0.6) is 0 Å². The van der Waals surface area contributed by atoms with Gasteiger partial charge in [-0.3, -0.25) is 4.79 Å². The van der Waals surface area contributed by atoms with Crippen LogP contribution in [0.25, 0.3) is 10.9 Å². The van der Waals surface area contributed by atoms with Gasteiger partial charge in [-0.05, 0) is 24.5 Å². The number of halogens is 3. The fraction of sp³-hybridized carbons (Fsp3) is 0.471. The number of unbranched alkanes of at least 4 members (excludes halogenated alkanes) is 1. The highest BCUT2D eigenvalue weighted by Gasteiger charge is 2.42. The summed E-state index contributed by atoms with van der Waals surface area (Å²) in [4.78, 5) is 14.8. The zero-order valence-electron chi connectivity index (χ0n) is 13.2. The lowest BCUT2D eigenvalue weighted by Crippen LogP contribution is -2.38. The number of nitrogens with one attached hydrogen (secondary N) is 1. The smallest absolute Gasteiger partial charge is 0.306 e. The van der Waals surface area contributed by atoms with Crippen molar-refractivity contribution < 1.29 is 14.6 Å². The van der Waals surface area contributed by atoms with E-state index in [4.69, 9.17) is 39.5 Å². The maximum Gasteiger partial charge on any atom is 0.306 e. The van der Waals surface area contributed by atoms with Gasteiger partial charge >= 0.3 is 5.97 Å². The van der Waals surface area contributed by atoms with Gasteiger partial charge in [0, 0.05) is 5.39 Å². The predicted molar refractivity (Wildman–Crippen MR) is 96.4 cm³/mol. The van der Waals surface area contributed by atoms with Crippen LogP contribution in [0.2, 0.25) is 15.1 Å². The SMILES string of the molecule is CCCCC1(CC(=O)O)OCCc2c1[nH]c1c(Cl)cc(Cl)c(Cl)c21. The Bertz CT molecular complexity index is 802. The fourth-order valence-electron chi connectivity index (χ4n) is 3.52. The molecular formula is C17H18Cl3NO3. The number of aromatic amines is 1. The molecule has 2 aromatic rings. The van der Waals surface area contributed by atoms with Crippen LogP contribution in [0.1, 0.15) is 43.9 Å². The average Bonchev–Trinajstić information content (AvgIpc) is 2.92. The van der Waals surface area contributed by atoms with Crippen LogP contribution < -0.4 is 0 Å². The maximum absolute atomic E-state index is 11.5. The Hall–Kier alpha value is -0.940. The van der Waals surface area contributed by atoms with Gasteiger partial charge in [-0.25, -0.2) is 0 Å². The van der Waals surface area contributed by atoms with Crippen molar-refractivity contribution in [3.63, 3.8) is 0 Å². The van der Waals surface area contributed by atoms with Crippen molar-refractivity contribution in [2.24, 2.45) is 0 Å². The molecule has 1 aliphatic heterocycles. The van der Waals surface area contributed by atoms with E-state index in [9.17, 15) is 9.90 Å². The first-order chi connectivity index (χ1) is 11.4. The molecule has 2 heterocycles. The Kier molecular flexibility index (Phi) is 5.03. The number of H-pyrrole nitrogens is 1. The molecule has 2 N–H and O–H groups in total. The molecule has 130 valence electrons. The highest BCUT2D eigenvalue weighted by molar-refractivity contribution is 6.48. The summed E-state index contributed by atoms with van der Waals surface area (Å²) in [6.45, 7) is 2.51. The molecule has 0 bridgehead atoms. The number of hydrogen-bond donors (Lipinski definition) is 2. The highest BCUT2D eigenvalue weighted by Crippen LogP contribution is 2.46. The normalized spacial score (nSPS) is 20.3. The minimum atomic E-state index is -0.896. The van der Waals surface area contributed by atoms with Crippen molar-refractivity contribution in [2.45, 2.75) is 44.6 Å². The number of ether oxygens (including phenoxy) is 1. The summed E-state index contributed by atoms with van der Waals surface area (Å²) in [5.74, 6) is -0.896.